The summed E-state index contributed by atoms with van der Waals surface area (Å²) in [4.78, 5) is 12.1. The number of anilines is 1. The van der Waals surface area contributed by atoms with Crippen molar-refractivity contribution in [1.82, 2.24) is 14.8 Å². The molecule has 0 unspecified atom stereocenters. The van der Waals surface area contributed by atoms with Crippen LogP contribution in [0.25, 0.3) is 11.6 Å². The maximum absolute atomic E-state index is 12.1. The van der Waals surface area contributed by atoms with Gasteiger partial charge >= 0.3 is 0 Å². The number of aromatic hydroxyl groups is 1. The fourth-order valence-electron chi connectivity index (χ4n) is 2.33. The van der Waals surface area contributed by atoms with Gasteiger partial charge in [0.25, 0.3) is 0 Å². The van der Waals surface area contributed by atoms with Crippen LogP contribution < -0.4 is 5.32 Å². The summed E-state index contributed by atoms with van der Waals surface area (Å²) in [5, 5.41) is 21.2. The molecular weight excluding hydrogens is 340 g/mol. The van der Waals surface area contributed by atoms with Gasteiger partial charge in [0, 0.05) is 17.8 Å². The molecule has 0 saturated carbocycles. The van der Waals surface area contributed by atoms with Gasteiger partial charge in [0.15, 0.2) is 10.9 Å². The number of carbonyl (C=O) groups excluding carboxylic acids is 1. The Labute approximate surface area is 149 Å². The van der Waals surface area contributed by atoms with Crippen molar-refractivity contribution in [2.45, 2.75) is 25.0 Å². The lowest BCUT2D eigenvalue weighted by Crippen LogP contribution is -2.15. The summed E-state index contributed by atoms with van der Waals surface area (Å²) in [7, 11) is 0. The molecule has 25 heavy (non-hydrogen) atoms. The molecule has 8 heteroatoms. The predicted octanol–water partition coefficient (Wildman–Crippen LogP) is 3.56. The summed E-state index contributed by atoms with van der Waals surface area (Å²) in [5.74, 6) is 1.37. The Morgan fingerprint density at radius 1 is 1.32 bits per heavy atom. The third-order valence-corrected chi connectivity index (χ3v) is 4.33. The Balaban J connectivity index is 1.70. The molecule has 0 aliphatic heterocycles. The highest BCUT2D eigenvalue weighted by Crippen LogP contribution is 2.28. The number of hydrogen-bond acceptors (Lipinski definition) is 6. The summed E-state index contributed by atoms with van der Waals surface area (Å²) >= 11 is 1.30. The monoisotopic (exact) mass is 358 g/mol. The van der Waals surface area contributed by atoms with Crippen LogP contribution in [-0.2, 0) is 4.79 Å². The molecule has 0 spiro atoms. The minimum Gasteiger partial charge on any atom is -0.508 e. The van der Waals surface area contributed by atoms with E-state index in [2.05, 4.69) is 15.5 Å². The smallest absolute Gasteiger partial charge is 0.234 e. The van der Waals surface area contributed by atoms with Crippen molar-refractivity contribution in [2.24, 2.45) is 0 Å². The molecule has 0 aliphatic carbocycles. The topological polar surface area (TPSA) is 93.2 Å². The minimum absolute atomic E-state index is 0.105. The van der Waals surface area contributed by atoms with Gasteiger partial charge in [0.2, 0.25) is 11.7 Å². The predicted molar refractivity (Wildman–Crippen MR) is 95.6 cm³/mol. The minimum atomic E-state index is -0.187. The van der Waals surface area contributed by atoms with Crippen molar-refractivity contribution in [3.8, 4) is 17.3 Å². The molecular formula is C17H18N4O3S. The molecule has 0 bridgehead atoms. The van der Waals surface area contributed by atoms with Crippen molar-refractivity contribution in [2.75, 3.05) is 11.1 Å². The molecule has 1 aromatic carbocycles. The second kappa shape index (κ2) is 7.43. The highest BCUT2D eigenvalue weighted by molar-refractivity contribution is 7.99. The summed E-state index contributed by atoms with van der Waals surface area (Å²) in [5.41, 5.74) is 0.548. The lowest BCUT2D eigenvalue weighted by molar-refractivity contribution is -0.113. The van der Waals surface area contributed by atoms with E-state index in [9.17, 15) is 9.90 Å². The van der Waals surface area contributed by atoms with E-state index in [1.807, 2.05) is 24.5 Å². The molecule has 7 nitrogen and oxygen atoms in total. The van der Waals surface area contributed by atoms with Crippen molar-refractivity contribution >= 4 is 23.4 Å². The molecule has 0 aliphatic rings. The van der Waals surface area contributed by atoms with Crippen LogP contribution in [0.4, 0.5) is 5.69 Å². The first kappa shape index (κ1) is 17.1. The average Bonchev–Trinajstić information content (AvgIpc) is 3.22. The highest BCUT2D eigenvalue weighted by Gasteiger charge is 2.19. The van der Waals surface area contributed by atoms with E-state index in [-0.39, 0.29) is 23.5 Å². The van der Waals surface area contributed by atoms with Crippen LogP contribution in [-0.4, -0.2) is 31.5 Å². The number of nitrogens with zero attached hydrogens (tertiary/aromatic N) is 3. The Kier molecular flexibility index (Phi) is 5.08. The van der Waals surface area contributed by atoms with Gasteiger partial charge in [-0.3, -0.25) is 9.36 Å². The lowest BCUT2D eigenvalue weighted by Gasteiger charge is -2.12. The van der Waals surface area contributed by atoms with Crippen LogP contribution in [0, 0.1) is 0 Å². The Morgan fingerprint density at radius 3 is 2.84 bits per heavy atom. The van der Waals surface area contributed by atoms with E-state index in [0.29, 0.717) is 22.4 Å². The number of benzene rings is 1. The second-order valence-corrected chi connectivity index (χ2v) is 6.58. The zero-order chi connectivity index (χ0) is 17.8. The zero-order valence-electron chi connectivity index (χ0n) is 13.8. The number of furan rings is 1. The van der Waals surface area contributed by atoms with E-state index in [1.54, 1.807) is 30.5 Å². The fraction of sp³-hybridized carbons (Fsp3) is 0.235. The number of nitrogens with one attached hydrogen (secondary N) is 1. The SMILES string of the molecule is CC(C)n1c(SCC(=O)Nc2cccc(O)c2)nnc1-c1ccco1. The van der Waals surface area contributed by atoms with Crippen molar-refractivity contribution in [3.05, 3.63) is 42.7 Å². The Bertz CT molecular complexity index is 859. The molecule has 3 aromatic rings. The molecule has 2 aromatic heterocycles. The standard InChI is InChI=1S/C17H18N4O3S/c1-11(2)21-16(14-7-4-8-24-14)19-20-17(21)25-10-15(23)18-12-5-3-6-13(22)9-12/h3-9,11,22H,10H2,1-2H3,(H,18,23). The molecule has 0 fully saturated rings. The molecule has 0 saturated heterocycles. The normalized spacial score (nSPS) is 11.0. The van der Waals surface area contributed by atoms with Gasteiger partial charge in [0.05, 0.1) is 12.0 Å². The molecule has 130 valence electrons. The van der Waals surface area contributed by atoms with Gasteiger partial charge in [-0.2, -0.15) is 0 Å². The van der Waals surface area contributed by atoms with E-state index in [1.165, 1.54) is 17.8 Å². The molecule has 1 amide bonds. The quantitative estimate of drug-likeness (QED) is 0.655. The van der Waals surface area contributed by atoms with Crippen molar-refractivity contribution in [3.63, 3.8) is 0 Å². The number of thioether (sulfide) groups is 1. The number of carbonyl (C=O) groups is 1. The molecule has 2 N–H and O–H groups in total. The van der Waals surface area contributed by atoms with Crippen molar-refractivity contribution in [1.29, 1.82) is 0 Å². The Hall–Kier alpha value is -2.74. The number of rotatable bonds is 6. The van der Waals surface area contributed by atoms with E-state index < -0.39 is 0 Å². The summed E-state index contributed by atoms with van der Waals surface area (Å²) in [6, 6.07) is 10.2. The Morgan fingerprint density at radius 2 is 2.16 bits per heavy atom. The summed E-state index contributed by atoms with van der Waals surface area (Å²) < 4.78 is 7.34. The highest BCUT2D eigenvalue weighted by atomic mass is 32.2. The van der Waals surface area contributed by atoms with Gasteiger partial charge in [-0.05, 0) is 38.1 Å². The van der Waals surface area contributed by atoms with E-state index >= 15 is 0 Å². The summed E-state index contributed by atoms with van der Waals surface area (Å²) in [6.07, 6.45) is 1.59. The maximum atomic E-state index is 12.1. The van der Waals surface area contributed by atoms with Gasteiger partial charge in [-0.15, -0.1) is 10.2 Å². The molecule has 2 heterocycles. The molecule has 3 rings (SSSR count). The first-order chi connectivity index (χ1) is 12.0. The molecule has 0 atom stereocenters. The first-order valence-corrected chi connectivity index (χ1v) is 8.73. The fourth-order valence-corrected chi connectivity index (χ4v) is 3.19. The van der Waals surface area contributed by atoms with Crippen LogP contribution in [0.15, 0.2) is 52.2 Å². The first-order valence-electron chi connectivity index (χ1n) is 7.75. The van der Waals surface area contributed by atoms with Gasteiger partial charge in [0.1, 0.15) is 5.75 Å². The number of aromatic nitrogens is 3. The second-order valence-electron chi connectivity index (χ2n) is 5.63. The number of amides is 1. The van der Waals surface area contributed by atoms with Crippen LogP contribution in [0.5, 0.6) is 5.75 Å². The lowest BCUT2D eigenvalue weighted by atomic mass is 10.3. The largest absolute Gasteiger partial charge is 0.508 e. The van der Waals surface area contributed by atoms with E-state index in [0.717, 1.165) is 0 Å². The van der Waals surface area contributed by atoms with Crippen LogP contribution in [0.2, 0.25) is 0 Å². The number of phenols is 1. The zero-order valence-corrected chi connectivity index (χ0v) is 14.7. The average molecular weight is 358 g/mol. The van der Waals surface area contributed by atoms with Crippen molar-refractivity contribution < 1.29 is 14.3 Å². The van der Waals surface area contributed by atoms with Gasteiger partial charge in [-0.1, -0.05) is 17.8 Å². The number of hydrogen-bond donors (Lipinski definition) is 2. The summed E-state index contributed by atoms with van der Waals surface area (Å²) in [6.45, 7) is 4.04. The van der Waals surface area contributed by atoms with Crippen LogP contribution >= 0.6 is 11.8 Å². The van der Waals surface area contributed by atoms with Gasteiger partial charge < -0.3 is 14.8 Å². The maximum Gasteiger partial charge on any atom is 0.234 e. The third kappa shape index (κ3) is 4.03. The van der Waals surface area contributed by atoms with E-state index in [4.69, 9.17) is 4.42 Å². The third-order valence-electron chi connectivity index (χ3n) is 3.38. The van der Waals surface area contributed by atoms with Gasteiger partial charge in [-0.25, -0.2) is 0 Å². The molecule has 0 radical (unpaired) electrons. The van der Waals surface area contributed by atoms with Crippen LogP contribution in [0.3, 0.4) is 0 Å². The number of phenolic OH excluding ortho intramolecular Hbond substituents is 1. The van der Waals surface area contributed by atoms with Crippen LogP contribution in [0.1, 0.15) is 19.9 Å².